The molecule has 0 aliphatic carbocycles. The molecule has 4 rings (SSSR count). The monoisotopic (exact) mass is 505 g/mol. The van der Waals surface area contributed by atoms with Crippen LogP contribution in [0.5, 0.6) is 0 Å². The van der Waals surface area contributed by atoms with Gasteiger partial charge < -0.3 is 5.32 Å². The molecule has 9 heteroatoms. The van der Waals surface area contributed by atoms with E-state index < -0.39 is 0 Å². The van der Waals surface area contributed by atoms with E-state index in [-0.39, 0.29) is 18.0 Å². The van der Waals surface area contributed by atoms with Gasteiger partial charge in [0.05, 0.1) is 43.9 Å². The fourth-order valence-corrected chi connectivity index (χ4v) is 3.82. The number of fused-ring (bicyclic) bond motifs is 1. The highest BCUT2D eigenvalue weighted by atomic mass is 35.5. The van der Waals surface area contributed by atoms with Crippen molar-refractivity contribution in [2.75, 3.05) is 0 Å². The molecule has 5 nitrogen and oxygen atoms in total. The Bertz CT molecular complexity index is 1400. The van der Waals surface area contributed by atoms with Crippen molar-refractivity contribution >= 4 is 63.2 Å². The van der Waals surface area contributed by atoms with Gasteiger partial charge in [-0.2, -0.15) is 0 Å². The number of amides is 1. The summed E-state index contributed by atoms with van der Waals surface area (Å²) in [4.78, 5) is 29.8. The lowest BCUT2D eigenvalue weighted by Crippen LogP contribution is -2.24. The molecular weight excluding hydrogens is 492 g/mol. The topological polar surface area (TPSA) is 64.0 Å². The third kappa shape index (κ3) is 4.92. The lowest BCUT2D eigenvalue weighted by atomic mass is 10.1. The number of nitrogens with zero attached hydrogens (tertiary/aromatic N) is 2. The van der Waals surface area contributed by atoms with Crippen LogP contribution in [0.2, 0.25) is 20.1 Å². The second-order valence-corrected chi connectivity index (χ2v) is 8.72. The Kier molecular flexibility index (Phi) is 6.72. The minimum absolute atomic E-state index is 0.219. The molecule has 32 heavy (non-hydrogen) atoms. The summed E-state index contributed by atoms with van der Waals surface area (Å²) < 4.78 is 1.48. The number of halogens is 4. The van der Waals surface area contributed by atoms with Crippen LogP contribution < -0.4 is 10.9 Å². The van der Waals surface area contributed by atoms with Gasteiger partial charge in [-0.05, 0) is 53.6 Å². The third-order valence-corrected chi connectivity index (χ3v) is 6.34. The minimum Gasteiger partial charge on any atom is -0.348 e. The zero-order valence-electron chi connectivity index (χ0n) is 16.4. The first-order valence-electron chi connectivity index (χ1n) is 9.47. The Morgan fingerprint density at radius 3 is 2.19 bits per heavy atom. The molecule has 0 saturated carbocycles. The van der Waals surface area contributed by atoms with Gasteiger partial charge in [0.2, 0.25) is 0 Å². The van der Waals surface area contributed by atoms with Crippen molar-refractivity contribution in [3.8, 4) is 0 Å². The summed E-state index contributed by atoms with van der Waals surface area (Å²) in [6, 6.07) is 15.1. The predicted molar refractivity (Wildman–Crippen MR) is 129 cm³/mol. The lowest BCUT2D eigenvalue weighted by molar-refractivity contribution is 0.0951. The van der Waals surface area contributed by atoms with Gasteiger partial charge in [0.15, 0.2) is 0 Å². The molecule has 0 aliphatic rings. The first-order chi connectivity index (χ1) is 15.3. The molecule has 0 bridgehead atoms. The average Bonchev–Trinajstić information content (AvgIpc) is 2.78. The summed E-state index contributed by atoms with van der Waals surface area (Å²) in [6.45, 7) is 0.580. The number of rotatable bonds is 5. The second-order valence-electron chi connectivity index (χ2n) is 7.09. The molecule has 0 aliphatic heterocycles. The summed E-state index contributed by atoms with van der Waals surface area (Å²) in [5, 5.41) is 4.97. The maximum Gasteiger partial charge on any atom is 0.261 e. The molecule has 1 amide bonds. The van der Waals surface area contributed by atoms with E-state index >= 15 is 0 Å². The van der Waals surface area contributed by atoms with E-state index in [1.807, 2.05) is 0 Å². The number of carbonyl (C=O) groups is 1. The molecular formula is C23H15Cl4N3O2. The number of aromatic nitrogens is 2. The Balaban J connectivity index is 1.53. The summed E-state index contributed by atoms with van der Waals surface area (Å²) in [7, 11) is 0. The van der Waals surface area contributed by atoms with Crippen molar-refractivity contribution in [1.29, 1.82) is 0 Å². The van der Waals surface area contributed by atoms with Gasteiger partial charge in [-0.1, -0.05) is 58.5 Å². The van der Waals surface area contributed by atoms with Crippen LogP contribution in [0.3, 0.4) is 0 Å². The van der Waals surface area contributed by atoms with Crippen molar-refractivity contribution in [2.24, 2.45) is 0 Å². The standard InChI is InChI=1S/C23H15Cl4N3O2/c24-17-5-1-13(7-19(17)26)10-28-22(31)15-3-4-16-21(9-15)29-12-30(23(16)32)11-14-2-6-18(25)20(27)8-14/h1-9,12H,10-11H2,(H,28,31). The van der Waals surface area contributed by atoms with Gasteiger partial charge in [-0.3, -0.25) is 14.2 Å². The molecule has 1 aromatic heterocycles. The molecule has 0 unspecified atom stereocenters. The van der Waals surface area contributed by atoms with Crippen molar-refractivity contribution < 1.29 is 4.79 Å². The second kappa shape index (κ2) is 9.51. The van der Waals surface area contributed by atoms with E-state index in [1.54, 1.807) is 54.6 Å². The smallest absolute Gasteiger partial charge is 0.261 e. The van der Waals surface area contributed by atoms with Crippen LogP contribution in [0.4, 0.5) is 0 Å². The summed E-state index contributed by atoms with van der Waals surface area (Å²) >= 11 is 23.9. The maximum atomic E-state index is 12.9. The van der Waals surface area contributed by atoms with Gasteiger partial charge >= 0.3 is 0 Å². The quantitative estimate of drug-likeness (QED) is 0.361. The molecule has 0 atom stereocenters. The zero-order chi connectivity index (χ0) is 22.8. The average molecular weight is 507 g/mol. The minimum atomic E-state index is -0.292. The van der Waals surface area contributed by atoms with Crippen molar-refractivity contribution in [2.45, 2.75) is 13.1 Å². The van der Waals surface area contributed by atoms with Crippen LogP contribution >= 0.6 is 46.4 Å². The summed E-state index contributed by atoms with van der Waals surface area (Å²) in [5.41, 5.74) is 2.25. The van der Waals surface area contributed by atoms with Crippen LogP contribution in [0.15, 0.2) is 65.7 Å². The molecule has 0 fully saturated rings. The molecule has 1 N–H and O–H groups in total. The van der Waals surface area contributed by atoms with Gasteiger partial charge in [0.25, 0.3) is 11.5 Å². The van der Waals surface area contributed by atoms with Crippen molar-refractivity contribution in [3.05, 3.63) is 108 Å². The van der Waals surface area contributed by atoms with E-state index in [2.05, 4.69) is 10.3 Å². The SMILES string of the molecule is O=C(NCc1ccc(Cl)c(Cl)c1)c1ccc2c(=O)n(Cc3ccc(Cl)c(Cl)c3)cnc2c1. The third-order valence-electron chi connectivity index (χ3n) is 4.86. The maximum absolute atomic E-state index is 12.9. The van der Waals surface area contributed by atoms with E-state index in [0.717, 1.165) is 11.1 Å². The normalized spacial score (nSPS) is 11.0. The van der Waals surface area contributed by atoms with E-state index in [4.69, 9.17) is 46.4 Å². The largest absolute Gasteiger partial charge is 0.348 e. The Morgan fingerprint density at radius 1 is 0.844 bits per heavy atom. The highest BCUT2D eigenvalue weighted by Gasteiger charge is 2.11. The fourth-order valence-electron chi connectivity index (χ4n) is 3.18. The van der Waals surface area contributed by atoms with Crippen LogP contribution in [0.25, 0.3) is 10.9 Å². The van der Waals surface area contributed by atoms with Crippen molar-refractivity contribution in [3.63, 3.8) is 0 Å². The van der Waals surface area contributed by atoms with Crippen LogP contribution in [0, 0.1) is 0 Å². The number of benzene rings is 3. The fraction of sp³-hybridized carbons (Fsp3) is 0.0870. The van der Waals surface area contributed by atoms with Gasteiger partial charge in [0.1, 0.15) is 0 Å². The Morgan fingerprint density at radius 2 is 1.50 bits per heavy atom. The number of nitrogens with one attached hydrogen (secondary N) is 1. The number of hydrogen-bond donors (Lipinski definition) is 1. The molecule has 0 spiro atoms. The number of carbonyl (C=O) groups excluding carboxylic acids is 1. The Hall–Kier alpha value is -2.57. The van der Waals surface area contributed by atoms with Crippen LogP contribution in [0.1, 0.15) is 21.5 Å². The molecule has 0 saturated heterocycles. The van der Waals surface area contributed by atoms with E-state index in [9.17, 15) is 9.59 Å². The number of hydrogen-bond acceptors (Lipinski definition) is 3. The summed E-state index contributed by atoms with van der Waals surface area (Å²) in [5.74, 6) is -0.292. The Labute approximate surface area is 203 Å². The first-order valence-corrected chi connectivity index (χ1v) is 11.0. The lowest BCUT2D eigenvalue weighted by Gasteiger charge is -2.09. The van der Waals surface area contributed by atoms with Crippen LogP contribution in [-0.2, 0) is 13.1 Å². The summed E-state index contributed by atoms with van der Waals surface area (Å²) in [6.07, 6.45) is 1.45. The molecule has 0 radical (unpaired) electrons. The molecule has 3 aromatic carbocycles. The predicted octanol–water partition coefficient (Wildman–Crippen LogP) is 5.99. The molecule has 162 valence electrons. The van der Waals surface area contributed by atoms with Crippen LogP contribution in [-0.4, -0.2) is 15.5 Å². The highest BCUT2D eigenvalue weighted by Crippen LogP contribution is 2.23. The van der Waals surface area contributed by atoms with E-state index in [0.29, 0.717) is 43.1 Å². The molecule has 1 heterocycles. The van der Waals surface area contributed by atoms with Gasteiger partial charge in [-0.25, -0.2) is 4.98 Å². The highest BCUT2D eigenvalue weighted by molar-refractivity contribution is 6.42. The van der Waals surface area contributed by atoms with Gasteiger partial charge in [-0.15, -0.1) is 0 Å². The van der Waals surface area contributed by atoms with Crippen molar-refractivity contribution in [1.82, 2.24) is 14.9 Å². The van der Waals surface area contributed by atoms with Gasteiger partial charge in [0, 0.05) is 12.1 Å². The molecule has 4 aromatic rings. The zero-order valence-corrected chi connectivity index (χ0v) is 19.4. The first kappa shape index (κ1) is 22.6. The van der Waals surface area contributed by atoms with E-state index in [1.165, 1.54) is 10.9 Å².